The van der Waals surface area contributed by atoms with Gasteiger partial charge in [-0.2, -0.15) is 0 Å². The Kier molecular flexibility index (Phi) is 9.86. The van der Waals surface area contributed by atoms with E-state index in [1.54, 1.807) is 36.1 Å². The SMILES string of the molecule is CC[C@H](C)NC(=O)[C@@H](C)N(Cc1ccc(C)cc1)C(=O)CCCOc1ccc(Cl)cc1. The molecule has 1 N–H and O–H groups in total. The van der Waals surface area contributed by atoms with Crippen LogP contribution in [0.15, 0.2) is 48.5 Å². The van der Waals surface area contributed by atoms with Crippen molar-refractivity contribution in [1.29, 1.82) is 0 Å². The van der Waals surface area contributed by atoms with Crippen molar-refractivity contribution in [1.82, 2.24) is 10.2 Å². The molecule has 5 nitrogen and oxygen atoms in total. The molecule has 0 heterocycles. The van der Waals surface area contributed by atoms with E-state index in [9.17, 15) is 9.59 Å². The molecule has 0 spiro atoms. The first kappa shape index (κ1) is 24.7. The van der Waals surface area contributed by atoms with Gasteiger partial charge in [0.05, 0.1) is 6.61 Å². The van der Waals surface area contributed by atoms with Gasteiger partial charge in [0.25, 0.3) is 0 Å². The molecular formula is C25H33ClN2O3. The summed E-state index contributed by atoms with van der Waals surface area (Å²) in [6.45, 7) is 8.60. The molecule has 2 rings (SSSR count). The summed E-state index contributed by atoms with van der Waals surface area (Å²) in [6, 6.07) is 14.7. The molecule has 0 aliphatic rings. The summed E-state index contributed by atoms with van der Waals surface area (Å²) in [5.41, 5.74) is 2.16. The number of amides is 2. The molecule has 0 radical (unpaired) electrons. The third-order valence-corrected chi connectivity index (χ3v) is 5.51. The molecule has 0 aromatic heterocycles. The summed E-state index contributed by atoms with van der Waals surface area (Å²) < 4.78 is 5.69. The minimum Gasteiger partial charge on any atom is -0.494 e. The van der Waals surface area contributed by atoms with Crippen molar-refractivity contribution < 1.29 is 14.3 Å². The Morgan fingerprint density at radius 1 is 1.06 bits per heavy atom. The Morgan fingerprint density at radius 2 is 1.71 bits per heavy atom. The maximum atomic E-state index is 13.0. The quantitative estimate of drug-likeness (QED) is 0.488. The monoisotopic (exact) mass is 444 g/mol. The van der Waals surface area contributed by atoms with Crippen molar-refractivity contribution in [2.75, 3.05) is 6.61 Å². The first-order valence-corrected chi connectivity index (χ1v) is 11.2. The van der Waals surface area contributed by atoms with Crippen LogP contribution in [0.1, 0.15) is 51.2 Å². The molecule has 2 atom stereocenters. The third-order valence-electron chi connectivity index (χ3n) is 5.26. The average molecular weight is 445 g/mol. The minimum absolute atomic E-state index is 0.0629. The van der Waals surface area contributed by atoms with Gasteiger partial charge in [-0.25, -0.2) is 0 Å². The lowest BCUT2D eigenvalue weighted by molar-refractivity contribution is -0.141. The minimum atomic E-state index is -0.556. The smallest absolute Gasteiger partial charge is 0.242 e. The number of rotatable bonds is 11. The Morgan fingerprint density at radius 3 is 2.32 bits per heavy atom. The standard InChI is InChI=1S/C25H33ClN2O3/c1-5-19(3)27-25(30)20(4)28(17-21-10-8-18(2)9-11-21)24(29)7-6-16-31-23-14-12-22(26)13-15-23/h8-15,19-20H,5-7,16-17H2,1-4H3,(H,27,30)/t19-,20+/m0/s1. The number of hydrogen-bond donors (Lipinski definition) is 1. The molecule has 0 fully saturated rings. The number of halogens is 1. The molecule has 6 heteroatoms. The fourth-order valence-electron chi connectivity index (χ4n) is 3.03. The summed E-state index contributed by atoms with van der Waals surface area (Å²) >= 11 is 5.88. The average Bonchev–Trinajstić information content (AvgIpc) is 2.76. The maximum absolute atomic E-state index is 13.0. The molecule has 0 aliphatic heterocycles. The summed E-state index contributed by atoms with van der Waals surface area (Å²) in [5, 5.41) is 3.64. The number of carbonyl (C=O) groups excluding carboxylic acids is 2. The van der Waals surface area contributed by atoms with Crippen LogP contribution < -0.4 is 10.1 Å². The first-order valence-electron chi connectivity index (χ1n) is 10.8. The van der Waals surface area contributed by atoms with Gasteiger partial charge in [-0.1, -0.05) is 48.4 Å². The Balaban J connectivity index is 1.99. The van der Waals surface area contributed by atoms with Crippen molar-refractivity contribution >= 4 is 23.4 Å². The molecule has 0 saturated carbocycles. The third kappa shape index (κ3) is 8.25. The molecule has 168 valence electrons. The lowest BCUT2D eigenvalue weighted by Gasteiger charge is -2.30. The van der Waals surface area contributed by atoms with Crippen LogP contribution in [0, 0.1) is 6.92 Å². The highest BCUT2D eigenvalue weighted by Gasteiger charge is 2.26. The molecule has 0 aliphatic carbocycles. The zero-order chi connectivity index (χ0) is 22.8. The fraction of sp³-hybridized carbons (Fsp3) is 0.440. The number of nitrogens with one attached hydrogen (secondary N) is 1. The van der Waals surface area contributed by atoms with E-state index in [-0.39, 0.29) is 17.9 Å². The highest BCUT2D eigenvalue weighted by atomic mass is 35.5. The molecular weight excluding hydrogens is 412 g/mol. The molecule has 2 aromatic rings. The van der Waals surface area contributed by atoms with Crippen molar-refractivity contribution in [2.45, 2.75) is 65.6 Å². The topological polar surface area (TPSA) is 58.6 Å². The lowest BCUT2D eigenvalue weighted by atomic mass is 10.1. The number of aryl methyl sites for hydroxylation is 1. The van der Waals surface area contributed by atoms with Gasteiger partial charge in [-0.3, -0.25) is 9.59 Å². The predicted octanol–water partition coefficient (Wildman–Crippen LogP) is 5.14. The van der Waals surface area contributed by atoms with Crippen molar-refractivity contribution in [3.8, 4) is 5.75 Å². The van der Waals surface area contributed by atoms with Gasteiger partial charge in [0, 0.05) is 24.0 Å². The maximum Gasteiger partial charge on any atom is 0.242 e. The molecule has 2 aromatic carbocycles. The van der Waals surface area contributed by atoms with E-state index in [0.717, 1.165) is 23.3 Å². The van der Waals surface area contributed by atoms with E-state index in [1.807, 2.05) is 45.0 Å². The van der Waals surface area contributed by atoms with Crippen LogP contribution in [0.3, 0.4) is 0 Å². The van der Waals surface area contributed by atoms with Crippen LogP contribution in [0.2, 0.25) is 5.02 Å². The van der Waals surface area contributed by atoms with Gasteiger partial charge < -0.3 is 15.0 Å². The predicted molar refractivity (Wildman–Crippen MR) is 125 cm³/mol. The number of ether oxygens (including phenoxy) is 1. The molecule has 2 amide bonds. The zero-order valence-electron chi connectivity index (χ0n) is 18.9. The number of hydrogen-bond acceptors (Lipinski definition) is 3. The van der Waals surface area contributed by atoms with E-state index in [0.29, 0.717) is 31.0 Å². The molecule has 0 bridgehead atoms. The number of nitrogens with zero attached hydrogens (tertiary/aromatic N) is 1. The van der Waals surface area contributed by atoms with E-state index in [4.69, 9.17) is 16.3 Å². The van der Waals surface area contributed by atoms with Crippen LogP contribution in [0.4, 0.5) is 0 Å². The van der Waals surface area contributed by atoms with Gasteiger partial charge in [0.2, 0.25) is 11.8 Å². The zero-order valence-corrected chi connectivity index (χ0v) is 19.6. The van der Waals surface area contributed by atoms with Crippen LogP contribution in [-0.2, 0) is 16.1 Å². The lowest BCUT2D eigenvalue weighted by Crippen LogP contribution is -2.49. The van der Waals surface area contributed by atoms with Gasteiger partial charge in [0.1, 0.15) is 11.8 Å². The van der Waals surface area contributed by atoms with E-state index in [2.05, 4.69) is 5.32 Å². The van der Waals surface area contributed by atoms with Crippen LogP contribution in [-0.4, -0.2) is 35.4 Å². The fourth-order valence-corrected chi connectivity index (χ4v) is 3.15. The second kappa shape index (κ2) is 12.4. The summed E-state index contributed by atoms with van der Waals surface area (Å²) in [4.78, 5) is 27.4. The van der Waals surface area contributed by atoms with Crippen molar-refractivity contribution in [3.05, 3.63) is 64.7 Å². The van der Waals surface area contributed by atoms with Crippen molar-refractivity contribution in [2.24, 2.45) is 0 Å². The van der Waals surface area contributed by atoms with Crippen LogP contribution in [0.25, 0.3) is 0 Å². The summed E-state index contributed by atoms with van der Waals surface area (Å²) in [6.07, 6.45) is 1.71. The Hall–Kier alpha value is -2.53. The Labute approximate surface area is 190 Å². The largest absolute Gasteiger partial charge is 0.494 e. The summed E-state index contributed by atoms with van der Waals surface area (Å²) in [7, 11) is 0. The van der Waals surface area contributed by atoms with Gasteiger partial charge in [-0.05, 0) is 63.4 Å². The van der Waals surface area contributed by atoms with Crippen LogP contribution in [0.5, 0.6) is 5.75 Å². The first-order chi connectivity index (χ1) is 14.8. The Bertz CT molecular complexity index is 837. The van der Waals surface area contributed by atoms with Crippen LogP contribution >= 0.6 is 11.6 Å². The van der Waals surface area contributed by atoms with E-state index < -0.39 is 6.04 Å². The highest BCUT2D eigenvalue weighted by molar-refractivity contribution is 6.30. The summed E-state index contributed by atoms with van der Waals surface area (Å²) in [5.74, 6) is 0.522. The van der Waals surface area contributed by atoms with Gasteiger partial charge >= 0.3 is 0 Å². The normalized spacial score (nSPS) is 12.7. The van der Waals surface area contributed by atoms with Crippen molar-refractivity contribution in [3.63, 3.8) is 0 Å². The van der Waals surface area contributed by atoms with E-state index >= 15 is 0 Å². The second-order valence-electron chi connectivity index (χ2n) is 7.91. The molecule has 0 unspecified atom stereocenters. The highest BCUT2D eigenvalue weighted by Crippen LogP contribution is 2.17. The molecule has 0 saturated heterocycles. The number of carbonyl (C=O) groups is 2. The van der Waals surface area contributed by atoms with E-state index in [1.165, 1.54) is 0 Å². The second-order valence-corrected chi connectivity index (χ2v) is 8.34. The van der Waals surface area contributed by atoms with Gasteiger partial charge in [-0.15, -0.1) is 0 Å². The number of benzene rings is 2. The molecule has 31 heavy (non-hydrogen) atoms. The van der Waals surface area contributed by atoms with Gasteiger partial charge in [0.15, 0.2) is 0 Å².